The van der Waals surface area contributed by atoms with Crippen LogP contribution in [-0.4, -0.2) is 32.2 Å². The lowest BCUT2D eigenvalue weighted by atomic mass is 10.1. The summed E-state index contributed by atoms with van der Waals surface area (Å²) in [7, 11) is 0. The second-order valence-corrected chi connectivity index (χ2v) is 5.07. The van der Waals surface area contributed by atoms with Crippen LogP contribution >= 0.6 is 23.8 Å². The molecule has 2 rings (SSSR count). The number of nitrogens with one attached hydrogen (secondary N) is 1. The molecular formula is C13H11ClN2O4S. The Balaban J connectivity index is 2.64. The minimum atomic E-state index is -0.713. The zero-order chi connectivity index (χ0) is 15.6. The summed E-state index contributed by atoms with van der Waals surface area (Å²) in [5.74, 6) is -1.02. The zero-order valence-corrected chi connectivity index (χ0v) is 12.2. The van der Waals surface area contributed by atoms with Crippen molar-refractivity contribution in [2.75, 3.05) is 6.61 Å². The van der Waals surface area contributed by atoms with Gasteiger partial charge in [-0.1, -0.05) is 11.6 Å². The van der Waals surface area contributed by atoms with E-state index in [2.05, 4.69) is 4.98 Å². The molecule has 6 nitrogen and oxygen atoms in total. The zero-order valence-electron chi connectivity index (χ0n) is 10.7. The van der Waals surface area contributed by atoms with Gasteiger partial charge in [0.1, 0.15) is 6.61 Å². The Kier molecular flexibility index (Phi) is 4.56. The minimum Gasteiger partial charge on any atom is -0.494 e. The van der Waals surface area contributed by atoms with Gasteiger partial charge >= 0.3 is 0 Å². The summed E-state index contributed by atoms with van der Waals surface area (Å²) in [5, 5.41) is 19.5. The number of hydrogen-bond donors (Lipinski definition) is 3. The Morgan fingerprint density at radius 3 is 2.52 bits per heavy atom. The SMILES string of the molecule is O=C(CO)Cc1c(O)n(-c2ccc(Cl)cc2)c(=S)[nH]c1=O. The molecule has 3 N–H and O–H groups in total. The van der Waals surface area contributed by atoms with Gasteiger partial charge in [0.15, 0.2) is 10.6 Å². The van der Waals surface area contributed by atoms with Crippen molar-refractivity contribution in [3.63, 3.8) is 0 Å². The molecule has 110 valence electrons. The fourth-order valence-corrected chi connectivity index (χ4v) is 2.21. The average molecular weight is 327 g/mol. The van der Waals surface area contributed by atoms with Crippen LogP contribution in [0.4, 0.5) is 0 Å². The van der Waals surface area contributed by atoms with Gasteiger partial charge in [-0.3, -0.25) is 19.1 Å². The maximum absolute atomic E-state index is 11.8. The Labute approximate surface area is 129 Å². The number of hydrogen-bond acceptors (Lipinski definition) is 5. The summed E-state index contributed by atoms with van der Waals surface area (Å²) < 4.78 is 1.20. The van der Waals surface area contributed by atoms with E-state index < -0.39 is 23.8 Å². The molecule has 1 aromatic heterocycles. The minimum absolute atomic E-state index is 0.0139. The molecule has 1 aromatic carbocycles. The standard InChI is InChI=1S/C13H11ClN2O4S/c14-7-1-3-8(4-2-7)16-12(20)10(5-9(18)6-17)11(19)15-13(16)21/h1-4,17,20H,5-6H2,(H,15,19,21). The maximum atomic E-state index is 11.8. The molecule has 0 aliphatic carbocycles. The Morgan fingerprint density at radius 2 is 1.95 bits per heavy atom. The van der Waals surface area contributed by atoms with E-state index >= 15 is 0 Å². The molecule has 0 bridgehead atoms. The number of ketones is 1. The molecule has 0 radical (unpaired) electrons. The number of aliphatic hydroxyl groups is 1. The van der Waals surface area contributed by atoms with E-state index in [1.165, 1.54) is 4.57 Å². The van der Waals surface area contributed by atoms with Crippen LogP contribution in [-0.2, 0) is 11.2 Å². The van der Waals surface area contributed by atoms with Crippen molar-refractivity contribution >= 4 is 29.6 Å². The van der Waals surface area contributed by atoms with Gasteiger partial charge in [-0.2, -0.15) is 0 Å². The van der Waals surface area contributed by atoms with Gasteiger partial charge in [-0.15, -0.1) is 0 Å². The van der Waals surface area contributed by atoms with Crippen molar-refractivity contribution in [2.45, 2.75) is 6.42 Å². The van der Waals surface area contributed by atoms with E-state index in [0.717, 1.165) is 0 Å². The molecule has 0 fully saturated rings. The molecule has 0 unspecified atom stereocenters. The van der Waals surface area contributed by atoms with Gasteiger partial charge < -0.3 is 10.2 Å². The monoisotopic (exact) mass is 326 g/mol. The lowest BCUT2D eigenvalue weighted by Gasteiger charge is -2.12. The molecule has 1 heterocycles. The molecule has 8 heteroatoms. The summed E-state index contributed by atoms with van der Waals surface area (Å²) in [6.45, 7) is -0.713. The molecule has 0 aliphatic heterocycles. The number of carbonyl (C=O) groups excluding carboxylic acids is 1. The Bertz CT molecular complexity index is 795. The van der Waals surface area contributed by atoms with Gasteiger partial charge in [0.05, 0.1) is 11.3 Å². The Hall–Kier alpha value is -1.96. The van der Waals surface area contributed by atoms with Crippen molar-refractivity contribution in [2.24, 2.45) is 0 Å². The first-order valence-electron chi connectivity index (χ1n) is 5.89. The van der Waals surface area contributed by atoms with E-state index in [9.17, 15) is 14.7 Å². The number of Topliss-reactive ketones (excluding diaryl/α,β-unsaturated/α-hetero) is 1. The third-order valence-corrected chi connectivity index (χ3v) is 3.35. The van der Waals surface area contributed by atoms with Crippen LogP contribution in [0, 0.1) is 4.77 Å². The van der Waals surface area contributed by atoms with Gasteiger partial charge in [0, 0.05) is 11.4 Å². The van der Waals surface area contributed by atoms with Crippen LogP contribution in [0.2, 0.25) is 5.02 Å². The maximum Gasteiger partial charge on any atom is 0.259 e. The first-order chi connectivity index (χ1) is 9.93. The van der Waals surface area contributed by atoms with Crippen molar-refractivity contribution in [3.05, 3.63) is 50.0 Å². The number of halogens is 1. The summed E-state index contributed by atoms with van der Waals surface area (Å²) in [6.07, 6.45) is -0.388. The number of benzene rings is 1. The van der Waals surface area contributed by atoms with Gasteiger partial charge in [-0.25, -0.2) is 0 Å². The number of H-pyrrole nitrogens is 1. The first kappa shape index (κ1) is 15.4. The summed E-state index contributed by atoms with van der Waals surface area (Å²) in [6, 6.07) is 6.41. The van der Waals surface area contributed by atoms with E-state index in [1.54, 1.807) is 24.3 Å². The molecule has 0 atom stereocenters. The molecule has 0 saturated heterocycles. The second kappa shape index (κ2) is 6.21. The first-order valence-corrected chi connectivity index (χ1v) is 6.68. The van der Waals surface area contributed by atoms with Gasteiger partial charge in [-0.05, 0) is 36.5 Å². The van der Waals surface area contributed by atoms with Crippen LogP contribution in [0.1, 0.15) is 5.56 Å². The molecule has 0 aliphatic rings. The van der Waals surface area contributed by atoms with Gasteiger partial charge in [0.25, 0.3) is 5.56 Å². The van der Waals surface area contributed by atoms with Crippen molar-refractivity contribution in [3.8, 4) is 11.6 Å². The number of carbonyl (C=O) groups is 1. The van der Waals surface area contributed by atoms with E-state index in [0.29, 0.717) is 10.7 Å². The number of aromatic nitrogens is 2. The predicted octanol–water partition coefficient (Wildman–Crippen LogP) is 1.36. The van der Waals surface area contributed by atoms with E-state index in [1.807, 2.05) is 0 Å². The number of aliphatic hydroxyl groups excluding tert-OH is 1. The van der Waals surface area contributed by atoms with E-state index in [4.69, 9.17) is 28.9 Å². The van der Waals surface area contributed by atoms with Crippen LogP contribution in [0.5, 0.6) is 5.88 Å². The van der Waals surface area contributed by atoms with Crippen molar-refractivity contribution in [1.82, 2.24) is 9.55 Å². The quantitative estimate of drug-likeness (QED) is 0.737. The fourth-order valence-electron chi connectivity index (χ4n) is 1.80. The summed E-state index contributed by atoms with van der Waals surface area (Å²) in [4.78, 5) is 25.5. The number of rotatable bonds is 4. The van der Waals surface area contributed by atoms with Crippen molar-refractivity contribution < 1.29 is 15.0 Å². The summed E-state index contributed by atoms with van der Waals surface area (Å²) in [5.41, 5.74) is -0.335. The van der Waals surface area contributed by atoms with Gasteiger partial charge in [0.2, 0.25) is 5.88 Å². The smallest absolute Gasteiger partial charge is 0.259 e. The van der Waals surface area contributed by atoms with Crippen LogP contribution < -0.4 is 5.56 Å². The lowest BCUT2D eigenvalue weighted by molar-refractivity contribution is -0.121. The molecule has 21 heavy (non-hydrogen) atoms. The third kappa shape index (κ3) is 3.21. The van der Waals surface area contributed by atoms with E-state index in [-0.39, 0.29) is 16.8 Å². The highest BCUT2D eigenvalue weighted by Crippen LogP contribution is 2.21. The van der Waals surface area contributed by atoms with Crippen LogP contribution in [0.15, 0.2) is 29.1 Å². The molecule has 0 spiro atoms. The molecule has 0 saturated carbocycles. The number of aromatic amines is 1. The topological polar surface area (TPSA) is 95.3 Å². The second-order valence-electron chi connectivity index (χ2n) is 4.25. The number of nitrogens with zero attached hydrogens (tertiary/aromatic N) is 1. The van der Waals surface area contributed by atoms with Crippen LogP contribution in [0.25, 0.3) is 5.69 Å². The lowest BCUT2D eigenvalue weighted by Crippen LogP contribution is -2.22. The normalized spacial score (nSPS) is 10.6. The highest BCUT2D eigenvalue weighted by molar-refractivity contribution is 7.71. The molecular weight excluding hydrogens is 316 g/mol. The largest absolute Gasteiger partial charge is 0.494 e. The van der Waals surface area contributed by atoms with Crippen LogP contribution in [0.3, 0.4) is 0 Å². The fraction of sp³-hybridized carbons (Fsp3) is 0.154. The van der Waals surface area contributed by atoms with Crippen molar-refractivity contribution in [1.29, 1.82) is 0 Å². The highest BCUT2D eigenvalue weighted by Gasteiger charge is 2.16. The molecule has 2 aromatic rings. The number of aromatic hydroxyl groups is 1. The summed E-state index contributed by atoms with van der Waals surface area (Å²) >= 11 is 10.8. The molecule has 0 amide bonds. The third-order valence-electron chi connectivity index (χ3n) is 2.81. The predicted molar refractivity (Wildman–Crippen MR) is 79.7 cm³/mol. The Morgan fingerprint density at radius 1 is 1.33 bits per heavy atom. The highest BCUT2D eigenvalue weighted by atomic mass is 35.5. The average Bonchev–Trinajstić information content (AvgIpc) is 2.45.